The van der Waals surface area contributed by atoms with Gasteiger partial charge in [-0.25, -0.2) is 0 Å². The molecule has 2 amide bonds. The van der Waals surface area contributed by atoms with Gasteiger partial charge >= 0.3 is 12.4 Å². The molecule has 4 aliphatic rings. The molecule has 0 bridgehead atoms. The van der Waals surface area contributed by atoms with Crippen LogP contribution in [0.15, 0.2) is 12.2 Å². The van der Waals surface area contributed by atoms with Gasteiger partial charge in [-0.05, 0) is 67.8 Å². The summed E-state index contributed by atoms with van der Waals surface area (Å²) >= 11 is 0. The van der Waals surface area contributed by atoms with E-state index in [1.54, 1.807) is 6.08 Å². The number of halogens is 6. The zero-order valence-electron chi connectivity index (χ0n) is 17.9. The van der Waals surface area contributed by atoms with Gasteiger partial charge in [0.05, 0.1) is 0 Å². The van der Waals surface area contributed by atoms with Crippen molar-refractivity contribution in [3.63, 3.8) is 0 Å². The normalized spacial score (nSPS) is 41.5. The fraction of sp³-hybridized carbons (Fsp3) is 0.818. The van der Waals surface area contributed by atoms with Crippen LogP contribution >= 0.6 is 0 Å². The lowest BCUT2D eigenvalue weighted by Gasteiger charge is -2.58. The molecule has 4 rings (SSSR count). The van der Waals surface area contributed by atoms with E-state index in [-0.39, 0.29) is 41.5 Å². The second-order valence-corrected chi connectivity index (χ2v) is 10.4. The highest BCUT2D eigenvalue weighted by Gasteiger charge is 2.63. The first kappa shape index (κ1) is 23.4. The van der Waals surface area contributed by atoms with Gasteiger partial charge in [0.2, 0.25) is 17.9 Å². The molecule has 4 nitrogen and oxygen atoms in total. The summed E-state index contributed by atoms with van der Waals surface area (Å²) in [5, 5.41) is 4.31. The Bertz CT molecular complexity index is 810. The molecule has 0 aromatic heterocycles. The largest absolute Gasteiger partial charge is 0.417 e. The summed E-state index contributed by atoms with van der Waals surface area (Å²) in [7, 11) is 0. The monoisotopic (exact) mass is 466 g/mol. The predicted octanol–water partition coefficient (Wildman–Crippen LogP) is 4.51. The van der Waals surface area contributed by atoms with E-state index < -0.39 is 35.6 Å². The van der Waals surface area contributed by atoms with E-state index in [9.17, 15) is 35.9 Å². The molecule has 3 aliphatic carbocycles. The molecule has 7 atom stereocenters. The molecule has 180 valence electrons. The van der Waals surface area contributed by atoms with E-state index in [0.717, 1.165) is 19.3 Å². The van der Waals surface area contributed by atoms with E-state index in [4.69, 9.17) is 0 Å². The Labute approximate surface area is 182 Å². The standard InChI is InChI=1S/C22H28F6N2O2/c1-19-9-7-13-11(3-6-15-20(13,2)10-8-16(31)29-15)12(19)4-5-14(19)17(32)30-18(21(23,24)25)22(26,27)28/h8,10-15,18H,3-7,9H2,1-2H3,(H,29,31)(H,30,32)/t11-,12-,13-,14+,15+,19-,20+/m0/s1. The number of carbonyl (C=O) groups excluding carboxylic acids is 2. The molecule has 3 saturated carbocycles. The molecule has 0 unspecified atom stereocenters. The maximum absolute atomic E-state index is 13.0. The van der Waals surface area contributed by atoms with Crippen molar-refractivity contribution < 1.29 is 35.9 Å². The van der Waals surface area contributed by atoms with Gasteiger partial charge in [0.1, 0.15) is 0 Å². The summed E-state index contributed by atoms with van der Waals surface area (Å²) in [6.45, 7) is 3.97. The number of nitrogens with one attached hydrogen (secondary N) is 2. The molecule has 32 heavy (non-hydrogen) atoms. The number of alkyl halides is 6. The van der Waals surface area contributed by atoms with Crippen LogP contribution in [0, 0.1) is 34.5 Å². The lowest BCUT2D eigenvalue weighted by molar-refractivity contribution is -0.258. The highest BCUT2D eigenvalue weighted by atomic mass is 19.4. The molecule has 0 aromatic rings. The summed E-state index contributed by atoms with van der Waals surface area (Å²) in [6.07, 6.45) is -3.94. The van der Waals surface area contributed by atoms with Gasteiger partial charge in [-0.3, -0.25) is 9.59 Å². The Kier molecular flexibility index (Phi) is 5.40. The van der Waals surface area contributed by atoms with E-state index in [1.807, 2.05) is 13.0 Å². The van der Waals surface area contributed by atoms with Crippen LogP contribution in [0.25, 0.3) is 0 Å². The zero-order valence-corrected chi connectivity index (χ0v) is 17.9. The third-order valence-electron chi connectivity index (χ3n) is 8.94. The number of rotatable bonds is 2. The molecule has 0 radical (unpaired) electrons. The van der Waals surface area contributed by atoms with Crippen LogP contribution in [0.1, 0.15) is 52.4 Å². The van der Waals surface area contributed by atoms with E-state index in [0.29, 0.717) is 12.8 Å². The molecule has 0 aromatic carbocycles. The van der Waals surface area contributed by atoms with Crippen molar-refractivity contribution in [1.29, 1.82) is 0 Å². The van der Waals surface area contributed by atoms with Gasteiger partial charge in [0, 0.05) is 17.4 Å². The van der Waals surface area contributed by atoms with Crippen molar-refractivity contribution in [2.24, 2.45) is 34.5 Å². The van der Waals surface area contributed by atoms with E-state index >= 15 is 0 Å². The van der Waals surface area contributed by atoms with Crippen LogP contribution in [0.4, 0.5) is 26.3 Å². The summed E-state index contributed by atoms with van der Waals surface area (Å²) in [6, 6.07) is -3.84. The molecule has 3 fully saturated rings. The van der Waals surface area contributed by atoms with Gasteiger partial charge in [-0.2, -0.15) is 26.3 Å². The van der Waals surface area contributed by atoms with Crippen molar-refractivity contribution >= 4 is 11.8 Å². The SMILES string of the molecule is C[C@]12C=CC(=O)N[C@@H]1CC[C@@H]1[C@@H]2CC[C@]2(C)[C@@H](C(=O)NC(C(F)(F)F)C(F)(F)F)CC[C@@H]12. The maximum Gasteiger partial charge on any atom is 0.417 e. The smallest absolute Gasteiger partial charge is 0.349 e. The summed E-state index contributed by atoms with van der Waals surface area (Å²) < 4.78 is 77.8. The number of carbonyl (C=O) groups is 2. The maximum atomic E-state index is 13.0. The highest BCUT2D eigenvalue weighted by Crippen LogP contribution is 2.65. The molecular formula is C22H28F6N2O2. The van der Waals surface area contributed by atoms with Crippen LogP contribution in [0.3, 0.4) is 0 Å². The minimum absolute atomic E-state index is 0.0189. The van der Waals surface area contributed by atoms with Crippen LogP contribution < -0.4 is 10.6 Å². The van der Waals surface area contributed by atoms with Crippen LogP contribution in [-0.4, -0.2) is 36.3 Å². The topological polar surface area (TPSA) is 58.2 Å². The van der Waals surface area contributed by atoms with Crippen molar-refractivity contribution in [1.82, 2.24) is 10.6 Å². The van der Waals surface area contributed by atoms with Gasteiger partial charge in [0.25, 0.3) is 0 Å². The van der Waals surface area contributed by atoms with Crippen LogP contribution in [-0.2, 0) is 9.59 Å². The van der Waals surface area contributed by atoms with Gasteiger partial charge in [-0.15, -0.1) is 0 Å². The number of fused-ring (bicyclic) bond motifs is 5. The number of hydrogen-bond acceptors (Lipinski definition) is 2. The van der Waals surface area contributed by atoms with Crippen LogP contribution in [0.5, 0.6) is 0 Å². The second kappa shape index (κ2) is 7.38. The third kappa shape index (κ3) is 3.61. The van der Waals surface area contributed by atoms with Gasteiger partial charge in [-0.1, -0.05) is 19.9 Å². The molecule has 0 saturated heterocycles. The Morgan fingerprint density at radius 1 is 1.03 bits per heavy atom. The first-order valence-corrected chi connectivity index (χ1v) is 11.1. The number of amides is 2. The summed E-state index contributed by atoms with van der Waals surface area (Å²) in [4.78, 5) is 24.5. The van der Waals surface area contributed by atoms with Crippen molar-refractivity contribution in [2.45, 2.75) is 76.8 Å². The quantitative estimate of drug-likeness (QED) is 0.589. The Hall–Kier alpha value is -1.74. The van der Waals surface area contributed by atoms with Gasteiger partial charge in [0.15, 0.2) is 0 Å². The van der Waals surface area contributed by atoms with E-state index in [2.05, 4.69) is 12.2 Å². The first-order valence-electron chi connectivity index (χ1n) is 11.1. The van der Waals surface area contributed by atoms with Crippen molar-refractivity contribution in [3.8, 4) is 0 Å². The van der Waals surface area contributed by atoms with Crippen molar-refractivity contribution in [3.05, 3.63) is 12.2 Å². The lowest BCUT2D eigenvalue weighted by atomic mass is 9.48. The molecule has 0 spiro atoms. The first-order chi connectivity index (χ1) is 14.7. The predicted molar refractivity (Wildman–Crippen MR) is 103 cm³/mol. The Morgan fingerprint density at radius 2 is 1.69 bits per heavy atom. The summed E-state index contributed by atoms with van der Waals surface area (Å²) in [5.74, 6) is -1.64. The van der Waals surface area contributed by atoms with Crippen LogP contribution in [0.2, 0.25) is 0 Å². The van der Waals surface area contributed by atoms with Crippen molar-refractivity contribution in [2.75, 3.05) is 0 Å². The molecule has 2 N–H and O–H groups in total. The number of hydrogen-bond donors (Lipinski definition) is 2. The second-order valence-electron chi connectivity index (χ2n) is 10.4. The average molecular weight is 466 g/mol. The fourth-order valence-corrected chi connectivity index (χ4v) is 7.36. The fourth-order valence-electron chi connectivity index (χ4n) is 7.36. The Morgan fingerprint density at radius 3 is 2.31 bits per heavy atom. The average Bonchev–Trinajstić information content (AvgIpc) is 3.02. The zero-order chi connectivity index (χ0) is 23.7. The van der Waals surface area contributed by atoms with Gasteiger partial charge < -0.3 is 10.6 Å². The lowest BCUT2D eigenvalue weighted by Crippen LogP contribution is -2.60. The highest BCUT2D eigenvalue weighted by molar-refractivity contribution is 5.89. The minimum atomic E-state index is -5.60. The third-order valence-corrected chi connectivity index (χ3v) is 8.94. The Balaban J connectivity index is 1.55. The molecule has 1 aliphatic heterocycles. The molecule has 10 heteroatoms. The van der Waals surface area contributed by atoms with E-state index in [1.165, 1.54) is 5.32 Å². The summed E-state index contributed by atoms with van der Waals surface area (Å²) in [5.41, 5.74) is -0.881. The minimum Gasteiger partial charge on any atom is -0.349 e. The molecule has 1 heterocycles. The molecular weight excluding hydrogens is 438 g/mol.